The van der Waals surface area contributed by atoms with Crippen LogP contribution in [0.5, 0.6) is 0 Å². The van der Waals surface area contributed by atoms with E-state index >= 15 is 0 Å². The van der Waals surface area contributed by atoms with E-state index in [1.54, 1.807) is 17.7 Å². The zero-order valence-corrected chi connectivity index (χ0v) is 12.0. The summed E-state index contributed by atoms with van der Waals surface area (Å²) in [7, 11) is 1.80. The fraction of sp³-hybridized carbons (Fsp3) is 0.667. The average Bonchev–Trinajstić information content (AvgIpc) is 2.40. The second-order valence-electron chi connectivity index (χ2n) is 6.25. The molecule has 3 aliphatic rings. The monoisotopic (exact) mass is 261 g/mol. The van der Waals surface area contributed by atoms with Gasteiger partial charge in [-0.05, 0) is 31.9 Å². The van der Waals surface area contributed by atoms with Crippen molar-refractivity contribution in [2.45, 2.75) is 44.9 Å². The Bertz CT molecular complexity index is 510. The minimum atomic E-state index is 0.0898. The zero-order valence-electron chi connectivity index (χ0n) is 12.0. The summed E-state index contributed by atoms with van der Waals surface area (Å²) in [5.41, 5.74) is 1.24. The molecular weight excluding hydrogens is 238 g/mol. The molecule has 0 radical (unpaired) electrons. The Morgan fingerprint density at radius 2 is 2.00 bits per heavy atom. The van der Waals surface area contributed by atoms with E-state index in [-0.39, 0.29) is 5.56 Å². The highest BCUT2D eigenvalue weighted by Gasteiger charge is 2.44. The second kappa shape index (κ2) is 4.76. The maximum atomic E-state index is 11.7. The third-order valence-corrected chi connectivity index (χ3v) is 4.64. The molecule has 1 aromatic rings. The summed E-state index contributed by atoms with van der Waals surface area (Å²) in [5.74, 6) is 0. The largest absolute Gasteiger partial charge is 0.319 e. The van der Waals surface area contributed by atoms with Crippen LogP contribution < -0.4 is 5.56 Å². The lowest BCUT2D eigenvalue weighted by molar-refractivity contribution is -0.0835. The first kappa shape index (κ1) is 12.9. The molecule has 0 aromatic carbocycles. The molecule has 0 amide bonds. The van der Waals surface area contributed by atoms with Gasteiger partial charge < -0.3 is 4.57 Å². The molecule has 104 valence electrons. The number of aromatic nitrogens is 1. The smallest absolute Gasteiger partial charge is 0.250 e. The third kappa shape index (κ3) is 2.35. The number of hydrogen-bond donors (Lipinski definition) is 0. The number of hydrogen-bond acceptors (Lipinski definition) is 3. The quantitative estimate of drug-likeness (QED) is 0.814. The van der Waals surface area contributed by atoms with Crippen LogP contribution in [0.4, 0.5) is 0 Å². The van der Waals surface area contributed by atoms with Gasteiger partial charge in [0.25, 0.3) is 5.56 Å². The van der Waals surface area contributed by atoms with Gasteiger partial charge >= 0.3 is 0 Å². The van der Waals surface area contributed by atoms with Crippen LogP contribution in [0.15, 0.2) is 23.1 Å². The normalized spacial score (nSPS) is 27.6. The molecule has 4 heteroatoms. The van der Waals surface area contributed by atoms with Crippen LogP contribution in [0.1, 0.15) is 25.8 Å². The van der Waals surface area contributed by atoms with Gasteiger partial charge in [-0.1, -0.05) is 0 Å². The lowest BCUT2D eigenvalue weighted by atomic mass is 9.86. The van der Waals surface area contributed by atoms with Crippen LogP contribution in [0, 0.1) is 0 Å². The number of pyridine rings is 1. The Morgan fingerprint density at radius 3 is 2.58 bits per heavy atom. The fourth-order valence-electron chi connectivity index (χ4n) is 3.30. The van der Waals surface area contributed by atoms with Gasteiger partial charge in [-0.2, -0.15) is 0 Å². The van der Waals surface area contributed by atoms with Crippen molar-refractivity contribution in [3.8, 4) is 0 Å². The first-order chi connectivity index (χ1) is 9.04. The molecule has 4 nitrogen and oxygen atoms in total. The van der Waals surface area contributed by atoms with E-state index in [4.69, 9.17) is 0 Å². The summed E-state index contributed by atoms with van der Waals surface area (Å²) in [5, 5.41) is 0. The molecule has 2 bridgehead atoms. The predicted octanol–water partition coefficient (Wildman–Crippen LogP) is 1.05. The van der Waals surface area contributed by atoms with Gasteiger partial charge in [0.15, 0.2) is 0 Å². The maximum absolute atomic E-state index is 11.7. The van der Waals surface area contributed by atoms with Gasteiger partial charge in [0.2, 0.25) is 0 Å². The Kier molecular flexibility index (Phi) is 3.23. The molecular formula is C15H23N3O. The van der Waals surface area contributed by atoms with Crippen LogP contribution >= 0.6 is 0 Å². The summed E-state index contributed by atoms with van der Waals surface area (Å²) < 4.78 is 1.63. The van der Waals surface area contributed by atoms with E-state index in [9.17, 15) is 4.79 Å². The number of nitrogens with zero attached hydrogens (tertiary/aromatic N) is 3. The Labute approximate surface area is 114 Å². The molecule has 0 spiro atoms. The standard InChI is InChI=1S/C15H23N3O/c1-11(2)17-9-13-7-14(10-17)18(13)8-12-4-5-16(3)15(19)6-12/h4-6,11,13-14H,7-10H2,1-3H3. The lowest BCUT2D eigenvalue weighted by Gasteiger charge is -2.57. The van der Waals surface area contributed by atoms with Crippen molar-refractivity contribution in [3.05, 3.63) is 34.2 Å². The maximum Gasteiger partial charge on any atom is 0.250 e. The van der Waals surface area contributed by atoms with Crippen molar-refractivity contribution in [2.75, 3.05) is 13.1 Å². The number of rotatable bonds is 3. The van der Waals surface area contributed by atoms with E-state index in [1.807, 2.05) is 6.20 Å². The van der Waals surface area contributed by atoms with Gasteiger partial charge in [-0.3, -0.25) is 14.6 Å². The molecule has 0 N–H and O–H groups in total. The number of piperidine rings is 1. The van der Waals surface area contributed by atoms with E-state index in [2.05, 4.69) is 29.7 Å². The highest BCUT2D eigenvalue weighted by atomic mass is 16.1. The van der Waals surface area contributed by atoms with Gasteiger partial charge in [0.05, 0.1) is 0 Å². The molecule has 3 aliphatic heterocycles. The Hall–Kier alpha value is -1.13. The Balaban J connectivity index is 1.66. The van der Waals surface area contributed by atoms with E-state index in [0.717, 1.165) is 12.1 Å². The fourth-order valence-corrected chi connectivity index (χ4v) is 3.30. The van der Waals surface area contributed by atoms with E-state index in [1.165, 1.54) is 19.5 Å². The SMILES string of the molecule is CC(C)N1CC2CC(C1)N2Cc1ccn(C)c(=O)c1. The summed E-state index contributed by atoms with van der Waals surface area (Å²) in [6.45, 7) is 7.83. The molecule has 4 rings (SSSR count). The minimum Gasteiger partial charge on any atom is -0.319 e. The van der Waals surface area contributed by atoms with Crippen LogP contribution in [-0.4, -0.2) is 45.6 Å². The average molecular weight is 261 g/mol. The molecule has 2 atom stereocenters. The number of aryl methyl sites for hydroxylation is 1. The molecule has 1 aromatic heterocycles. The van der Waals surface area contributed by atoms with Crippen molar-refractivity contribution >= 4 is 0 Å². The summed E-state index contributed by atoms with van der Waals surface area (Å²) >= 11 is 0. The first-order valence-corrected chi connectivity index (χ1v) is 7.20. The van der Waals surface area contributed by atoms with Gasteiger partial charge in [-0.25, -0.2) is 0 Å². The van der Waals surface area contributed by atoms with Crippen LogP contribution in [0.3, 0.4) is 0 Å². The van der Waals surface area contributed by atoms with Gasteiger partial charge in [0, 0.05) is 57.1 Å². The molecule has 0 aliphatic carbocycles. The summed E-state index contributed by atoms with van der Waals surface area (Å²) in [6, 6.07) is 5.86. The van der Waals surface area contributed by atoms with Crippen molar-refractivity contribution in [3.63, 3.8) is 0 Å². The lowest BCUT2D eigenvalue weighted by Crippen LogP contribution is -2.68. The number of fused-ring (bicyclic) bond motifs is 2. The zero-order chi connectivity index (χ0) is 13.6. The second-order valence-corrected chi connectivity index (χ2v) is 6.25. The topological polar surface area (TPSA) is 28.5 Å². The van der Waals surface area contributed by atoms with E-state index < -0.39 is 0 Å². The van der Waals surface area contributed by atoms with Crippen LogP contribution in [0.2, 0.25) is 0 Å². The van der Waals surface area contributed by atoms with Crippen molar-refractivity contribution in [1.82, 2.24) is 14.4 Å². The van der Waals surface area contributed by atoms with Crippen molar-refractivity contribution in [2.24, 2.45) is 7.05 Å². The van der Waals surface area contributed by atoms with Gasteiger partial charge in [-0.15, -0.1) is 0 Å². The number of piperazine rings is 1. The Morgan fingerprint density at radius 1 is 1.32 bits per heavy atom. The van der Waals surface area contributed by atoms with Crippen LogP contribution in [-0.2, 0) is 13.6 Å². The predicted molar refractivity (Wildman–Crippen MR) is 76.1 cm³/mol. The van der Waals surface area contributed by atoms with Crippen molar-refractivity contribution in [1.29, 1.82) is 0 Å². The van der Waals surface area contributed by atoms with E-state index in [0.29, 0.717) is 18.1 Å². The third-order valence-electron chi connectivity index (χ3n) is 4.64. The summed E-state index contributed by atoms with van der Waals surface area (Å²) in [6.07, 6.45) is 3.20. The molecule has 3 fully saturated rings. The first-order valence-electron chi connectivity index (χ1n) is 7.20. The van der Waals surface area contributed by atoms with Crippen molar-refractivity contribution < 1.29 is 0 Å². The highest BCUT2D eigenvalue weighted by Crippen LogP contribution is 2.34. The highest BCUT2D eigenvalue weighted by molar-refractivity contribution is 5.13. The molecule has 0 saturated carbocycles. The van der Waals surface area contributed by atoms with Crippen LogP contribution in [0.25, 0.3) is 0 Å². The molecule has 19 heavy (non-hydrogen) atoms. The molecule has 2 unspecified atom stereocenters. The molecule has 4 heterocycles. The van der Waals surface area contributed by atoms with Gasteiger partial charge in [0.1, 0.15) is 0 Å². The minimum absolute atomic E-state index is 0.0898. The summed E-state index contributed by atoms with van der Waals surface area (Å²) in [4.78, 5) is 16.8. The molecule has 3 saturated heterocycles.